The van der Waals surface area contributed by atoms with E-state index in [-0.39, 0.29) is 13.2 Å². The predicted molar refractivity (Wildman–Crippen MR) is 81.2 cm³/mol. The molecule has 1 unspecified atom stereocenters. The molecule has 1 aromatic rings. The van der Waals surface area contributed by atoms with Gasteiger partial charge in [-0.15, -0.1) is 0 Å². The van der Waals surface area contributed by atoms with E-state index in [1.165, 1.54) is 0 Å². The average Bonchev–Trinajstić information content (AvgIpc) is 2.33. The van der Waals surface area contributed by atoms with Crippen LogP contribution in [0.1, 0.15) is 20.8 Å². The van der Waals surface area contributed by atoms with Crippen molar-refractivity contribution in [2.45, 2.75) is 32.4 Å². The maximum absolute atomic E-state index is 11.8. The van der Waals surface area contributed by atoms with Crippen molar-refractivity contribution >= 4 is 21.8 Å². The Morgan fingerprint density at radius 1 is 1.33 bits per heavy atom. The summed E-state index contributed by atoms with van der Waals surface area (Å²) in [4.78, 5) is 0. The van der Waals surface area contributed by atoms with Gasteiger partial charge in [-0.2, -0.15) is 17.9 Å². The molecule has 2 N–H and O–H groups in total. The Morgan fingerprint density at radius 3 is 2.71 bits per heavy atom. The number of hydrogen-bond acceptors (Lipinski definition) is 4. The van der Waals surface area contributed by atoms with E-state index >= 15 is 0 Å². The fraction of sp³-hybridized carbons (Fsp3) is 0.538. The van der Waals surface area contributed by atoms with Gasteiger partial charge in [0.25, 0.3) is 10.2 Å². The topological polar surface area (TPSA) is 76.7 Å². The molecule has 8 heteroatoms. The standard InChI is InChI=1S/C13H19ClN2O4S/c1-13(2,3)16-21(17,18)15-7-10-8-19-12-6-9(14)4-5-11(12)20-10/h4-6,10,15-16H,7-8H2,1-3H3. The lowest BCUT2D eigenvalue weighted by Gasteiger charge is -2.27. The largest absolute Gasteiger partial charge is 0.486 e. The Kier molecular flexibility index (Phi) is 4.67. The first-order chi connectivity index (χ1) is 9.65. The second-order valence-corrected chi connectivity index (χ2v) is 7.78. The van der Waals surface area contributed by atoms with Crippen LogP contribution in [0.3, 0.4) is 0 Å². The summed E-state index contributed by atoms with van der Waals surface area (Å²) in [5.74, 6) is 1.12. The van der Waals surface area contributed by atoms with Crippen LogP contribution in [0.25, 0.3) is 0 Å². The molecule has 1 aliphatic rings. The molecule has 0 aromatic heterocycles. The molecule has 0 saturated carbocycles. The average molecular weight is 335 g/mol. The third kappa shape index (κ3) is 5.03. The van der Waals surface area contributed by atoms with Crippen LogP contribution >= 0.6 is 11.6 Å². The van der Waals surface area contributed by atoms with Crippen LogP contribution in [-0.2, 0) is 10.2 Å². The van der Waals surface area contributed by atoms with Crippen molar-refractivity contribution in [1.29, 1.82) is 0 Å². The second kappa shape index (κ2) is 6.00. The summed E-state index contributed by atoms with van der Waals surface area (Å²) in [6.45, 7) is 5.68. The first-order valence-electron chi connectivity index (χ1n) is 6.52. The predicted octanol–water partition coefficient (Wildman–Crippen LogP) is 1.70. The molecular formula is C13H19ClN2O4S. The van der Waals surface area contributed by atoms with Gasteiger partial charge in [-0.05, 0) is 32.9 Å². The zero-order chi connectivity index (χ0) is 15.7. The second-order valence-electron chi connectivity index (χ2n) is 5.85. The molecule has 0 saturated heterocycles. The fourth-order valence-corrected chi connectivity index (χ4v) is 3.28. The molecule has 2 rings (SSSR count). The molecule has 118 valence electrons. The lowest BCUT2D eigenvalue weighted by atomic mass is 10.1. The van der Waals surface area contributed by atoms with E-state index in [9.17, 15) is 8.42 Å². The number of benzene rings is 1. The van der Waals surface area contributed by atoms with Crippen molar-refractivity contribution < 1.29 is 17.9 Å². The smallest absolute Gasteiger partial charge is 0.277 e. The SMILES string of the molecule is CC(C)(C)NS(=O)(=O)NCC1COc2cc(Cl)ccc2O1. The van der Waals surface area contributed by atoms with Gasteiger partial charge in [0.15, 0.2) is 11.5 Å². The first-order valence-corrected chi connectivity index (χ1v) is 8.38. The summed E-state index contributed by atoms with van der Waals surface area (Å²) in [5, 5.41) is 0.561. The Balaban J connectivity index is 1.93. The minimum atomic E-state index is -3.58. The van der Waals surface area contributed by atoms with Crippen LogP contribution < -0.4 is 18.9 Å². The van der Waals surface area contributed by atoms with Crippen molar-refractivity contribution in [3.05, 3.63) is 23.2 Å². The number of rotatable bonds is 4. The molecule has 0 spiro atoms. The van der Waals surface area contributed by atoms with E-state index in [4.69, 9.17) is 21.1 Å². The van der Waals surface area contributed by atoms with Crippen LogP contribution in [0.4, 0.5) is 0 Å². The van der Waals surface area contributed by atoms with Gasteiger partial charge in [-0.25, -0.2) is 0 Å². The highest BCUT2D eigenvalue weighted by molar-refractivity contribution is 7.87. The lowest BCUT2D eigenvalue weighted by Crippen LogP contribution is -2.50. The molecule has 0 radical (unpaired) electrons. The van der Waals surface area contributed by atoms with Crippen molar-refractivity contribution in [2.75, 3.05) is 13.2 Å². The fourth-order valence-electron chi connectivity index (χ4n) is 1.83. The summed E-state index contributed by atoms with van der Waals surface area (Å²) < 4.78 is 39.8. The van der Waals surface area contributed by atoms with Gasteiger partial charge in [0.2, 0.25) is 0 Å². The number of hydrogen-bond donors (Lipinski definition) is 2. The molecule has 6 nitrogen and oxygen atoms in total. The van der Waals surface area contributed by atoms with Crippen LogP contribution in [0.2, 0.25) is 5.02 Å². The molecule has 0 fully saturated rings. The van der Waals surface area contributed by atoms with Crippen LogP contribution in [0.5, 0.6) is 11.5 Å². The molecule has 0 amide bonds. The van der Waals surface area contributed by atoms with Crippen LogP contribution in [-0.4, -0.2) is 33.2 Å². The number of halogens is 1. The van der Waals surface area contributed by atoms with Gasteiger partial charge in [-0.1, -0.05) is 11.6 Å². The van der Waals surface area contributed by atoms with E-state index in [0.717, 1.165) is 0 Å². The summed E-state index contributed by atoms with van der Waals surface area (Å²) in [6.07, 6.45) is -0.393. The monoisotopic (exact) mass is 334 g/mol. The first kappa shape index (κ1) is 16.4. The maximum Gasteiger partial charge on any atom is 0.277 e. The minimum absolute atomic E-state index is 0.119. The van der Waals surface area contributed by atoms with E-state index < -0.39 is 21.9 Å². The molecule has 1 atom stereocenters. The molecule has 0 aliphatic carbocycles. The molecule has 1 heterocycles. The van der Waals surface area contributed by atoms with E-state index in [1.807, 2.05) is 0 Å². The molecule has 1 aromatic carbocycles. The number of ether oxygens (including phenoxy) is 2. The summed E-state index contributed by atoms with van der Waals surface area (Å²) >= 11 is 5.86. The van der Waals surface area contributed by atoms with E-state index in [2.05, 4.69) is 9.44 Å². The third-order valence-electron chi connectivity index (χ3n) is 2.57. The Labute approximate surface area is 130 Å². The van der Waals surface area contributed by atoms with Crippen molar-refractivity contribution in [3.63, 3.8) is 0 Å². The maximum atomic E-state index is 11.8. The zero-order valence-corrected chi connectivity index (χ0v) is 13.7. The van der Waals surface area contributed by atoms with E-state index in [1.54, 1.807) is 39.0 Å². The quantitative estimate of drug-likeness (QED) is 0.878. The minimum Gasteiger partial charge on any atom is -0.486 e. The Bertz CT molecular complexity index is 613. The van der Waals surface area contributed by atoms with Gasteiger partial charge in [-0.3, -0.25) is 0 Å². The van der Waals surface area contributed by atoms with Gasteiger partial charge in [0.05, 0.1) is 6.54 Å². The van der Waals surface area contributed by atoms with Gasteiger partial charge < -0.3 is 9.47 Å². The normalized spacial score (nSPS) is 18.6. The Morgan fingerprint density at radius 2 is 2.05 bits per heavy atom. The van der Waals surface area contributed by atoms with Crippen LogP contribution in [0.15, 0.2) is 18.2 Å². The molecule has 0 bridgehead atoms. The molecule has 1 aliphatic heterocycles. The van der Waals surface area contributed by atoms with Gasteiger partial charge in [0, 0.05) is 16.6 Å². The summed E-state index contributed by atoms with van der Waals surface area (Å²) in [6, 6.07) is 5.06. The summed E-state index contributed by atoms with van der Waals surface area (Å²) in [7, 11) is -3.58. The van der Waals surface area contributed by atoms with Crippen molar-refractivity contribution in [1.82, 2.24) is 9.44 Å². The molecule has 21 heavy (non-hydrogen) atoms. The number of nitrogens with one attached hydrogen (secondary N) is 2. The zero-order valence-electron chi connectivity index (χ0n) is 12.1. The lowest BCUT2D eigenvalue weighted by molar-refractivity contribution is 0.0942. The van der Waals surface area contributed by atoms with Gasteiger partial charge >= 0.3 is 0 Å². The van der Waals surface area contributed by atoms with E-state index in [0.29, 0.717) is 16.5 Å². The highest BCUT2D eigenvalue weighted by atomic mass is 35.5. The Hall–Kier alpha value is -1.02. The van der Waals surface area contributed by atoms with Crippen LogP contribution in [0, 0.1) is 0 Å². The summed E-state index contributed by atoms with van der Waals surface area (Å²) in [5.41, 5.74) is -0.543. The van der Waals surface area contributed by atoms with Crippen molar-refractivity contribution in [3.8, 4) is 11.5 Å². The highest BCUT2D eigenvalue weighted by Crippen LogP contribution is 2.33. The van der Waals surface area contributed by atoms with Crippen molar-refractivity contribution in [2.24, 2.45) is 0 Å². The van der Waals surface area contributed by atoms with Gasteiger partial charge in [0.1, 0.15) is 12.7 Å². The third-order valence-corrected chi connectivity index (χ3v) is 4.23. The highest BCUT2D eigenvalue weighted by Gasteiger charge is 2.25. The molecular weight excluding hydrogens is 316 g/mol. The number of fused-ring (bicyclic) bond motifs is 1.